The normalized spacial score (nSPS) is 15.4. The number of nitrogens with zero attached hydrogens (tertiary/aromatic N) is 1. The molecule has 4 nitrogen and oxygen atoms in total. The van der Waals surface area contributed by atoms with E-state index in [1.54, 1.807) is 7.11 Å². The number of aromatic amines is 1. The predicted octanol–water partition coefficient (Wildman–Crippen LogP) is 3.33. The number of rotatable bonds is 4. The van der Waals surface area contributed by atoms with Gasteiger partial charge in [-0.1, -0.05) is 20.8 Å². The van der Waals surface area contributed by atoms with Crippen LogP contribution in [0.25, 0.3) is 11.0 Å². The molecule has 0 fully saturated rings. The Balaban J connectivity index is 2.40. The molecule has 1 aromatic heterocycles. The van der Waals surface area contributed by atoms with Gasteiger partial charge in [-0.3, -0.25) is 0 Å². The molecule has 0 aliphatic carbocycles. The molecule has 0 aliphatic rings. The topological polar surface area (TPSA) is 63.9 Å². The fraction of sp³-hybridized carbons (Fsp3) is 0.562. The Morgan fingerprint density at radius 3 is 2.62 bits per heavy atom. The van der Waals surface area contributed by atoms with Crippen LogP contribution in [0.3, 0.4) is 0 Å². The number of fused-ring (bicyclic) bond motifs is 1. The van der Waals surface area contributed by atoms with Gasteiger partial charge in [0.25, 0.3) is 0 Å². The largest absolute Gasteiger partial charge is 0.380 e. The predicted molar refractivity (Wildman–Crippen MR) is 82.6 cm³/mol. The zero-order valence-electron chi connectivity index (χ0n) is 13.3. The van der Waals surface area contributed by atoms with Crippen LogP contribution < -0.4 is 5.73 Å². The van der Waals surface area contributed by atoms with Gasteiger partial charge in [-0.2, -0.15) is 0 Å². The van der Waals surface area contributed by atoms with Gasteiger partial charge in [-0.05, 0) is 30.4 Å². The Kier molecular flexibility index (Phi) is 4.35. The number of hydrogen-bond donors (Lipinski definition) is 2. The van der Waals surface area contributed by atoms with Crippen LogP contribution in [0.1, 0.15) is 45.1 Å². The van der Waals surface area contributed by atoms with E-state index in [1.165, 1.54) is 6.07 Å². The molecule has 0 spiro atoms. The molecule has 0 saturated carbocycles. The molecule has 21 heavy (non-hydrogen) atoms. The molecular weight excluding hydrogens is 269 g/mol. The molecule has 0 aliphatic heterocycles. The lowest BCUT2D eigenvalue weighted by atomic mass is 9.88. The van der Waals surface area contributed by atoms with Gasteiger partial charge in [0.05, 0.1) is 23.2 Å². The summed E-state index contributed by atoms with van der Waals surface area (Å²) in [6.45, 7) is 8.14. The van der Waals surface area contributed by atoms with Crippen molar-refractivity contribution < 1.29 is 9.13 Å². The molecule has 116 valence electrons. The van der Waals surface area contributed by atoms with Gasteiger partial charge in [0, 0.05) is 13.2 Å². The highest BCUT2D eigenvalue weighted by molar-refractivity contribution is 5.76. The molecule has 0 saturated heterocycles. The first-order valence-electron chi connectivity index (χ1n) is 7.17. The van der Waals surface area contributed by atoms with Crippen molar-refractivity contribution in [1.82, 2.24) is 9.97 Å². The number of benzene rings is 1. The fourth-order valence-electron chi connectivity index (χ4n) is 2.33. The van der Waals surface area contributed by atoms with E-state index < -0.39 is 0 Å². The second kappa shape index (κ2) is 5.73. The van der Waals surface area contributed by atoms with Crippen LogP contribution in [0.4, 0.5) is 4.39 Å². The molecule has 0 bridgehead atoms. The molecule has 0 radical (unpaired) electrons. The summed E-state index contributed by atoms with van der Waals surface area (Å²) in [5.74, 6) is 0.399. The molecule has 3 N–H and O–H groups in total. The van der Waals surface area contributed by atoms with E-state index in [1.807, 2.05) is 13.0 Å². The van der Waals surface area contributed by atoms with Crippen molar-refractivity contribution in [3.63, 3.8) is 0 Å². The Morgan fingerprint density at radius 1 is 1.38 bits per heavy atom. The van der Waals surface area contributed by atoms with E-state index in [-0.39, 0.29) is 23.4 Å². The number of methoxy groups -OCH3 is 1. The first-order valence-corrected chi connectivity index (χ1v) is 7.17. The lowest BCUT2D eigenvalue weighted by Crippen LogP contribution is -2.26. The lowest BCUT2D eigenvalue weighted by molar-refractivity contribution is 0.0935. The first-order chi connectivity index (χ1) is 9.71. The number of halogens is 1. The van der Waals surface area contributed by atoms with Crippen molar-refractivity contribution in [2.24, 2.45) is 11.1 Å². The summed E-state index contributed by atoms with van der Waals surface area (Å²) in [5.41, 5.74) is 8.20. The summed E-state index contributed by atoms with van der Waals surface area (Å²) in [6.07, 6.45) is 0.508. The number of H-pyrrole nitrogens is 1. The Hall–Kier alpha value is -1.46. The maximum atomic E-state index is 14.2. The Labute approximate surface area is 124 Å². The van der Waals surface area contributed by atoms with Crippen molar-refractivity contribution in [3.8, 4) is 0 Å². The molecular formula is C16H24FN3O. The molecule has 2 rings (SSSR count). The van der Waals surface area contributed by atoms with E-state index in [4.69, 9.17) is 10.5 Å². The highest BCUT2D eigenvalue weighted by Crippen LogP contribution is 2.26. The average molecular weight is 293 g/mol. The van der Waals surface area contributed by atoms with Gasteiger partial charge in [-0.25, -0.2) is 9.37 Å². The van der Waals surface area contributed by atoms with E-state index in [2.05, 4.69) is 30.7 Å². The zero-order valence-corrected chi connectivity index (χ0v) is 13.3. The lowest BCUT2D eigenvalue weighted by Gasteiger charge is -2.18. The quantitative estimate of drug-likeness (QED) is 0.909. The van der Waals surface area contributed by atoms with Gasteiger partial charge in [0.15, 0.2) is 0 Å². The minimum Gasteiger partial charge on any atom is -0.380 e. The highest BCUT2D eigenvalue weighted by Gasteiger charge is 2.20. The number of nitrogens with one attached hydrogen (secondary N) is 1. The molecule has 2 aromatic rings. The van der Waals surface area contributed by atoms with Crippen LogP contribution in [0.2, 0.25) is 0 Å². The van der Waals surface area contributed by atoms with Gasteiger partial charge < -0.3 is 15.5 Å². The van der Waals surface area contributed by atoms with E-state index in [0.717, 1.165) is 5.52 Å². The molecule has 5 heteroatoms. The van der Waals surface area contributed by atoms with Crippen molar-refractivity contribution >= 4 is 11.0 Å². The first kappa shape index (κ1) is 15.9. The summed E-state index contributed by atoms with van der Waals surface area (Å²) in [7, 11) is 1.61. The number of aromatic nitrogens is 2. The molecule has 1 aromatic carbocycles. The fourth-order valence-corrected chi connectivity index (χ4v) is 2.33. The number of ether oxygens (including phenoxy) is 1. The number of imidazole rings is 1. The van der Waals surface area contributed by atoms with Crippen LogP contribution in [-0.4, -0.2) is 23.2 Å². The van der Waals surface area contributed by atoms with Crippen LogP contribution >= 0.6 is 0 Å². The third-order valence-electron chi connectivity index (χ3n) is 3.58. The van der Waals surface area contributed by atoms with E-state index in [9.17, 15) is 4.39 Å². The van der Waals surface area contributed by atoms with Crippen LogP contribution in [0, 0.1) is 11.2 Å². The third-order valence-corrected chi connectivity index (χ3v) is 3.58. The van der Waals surface area contributed by atoms with Crippen molar-refractivity contribution in [2.75, 3.05) is 7.11 Å². The maximum Gasteiger partial charge on any atom is 0.128 e. The third kappa shape index (κ3) is 3.60. The second-order valence-corrected chi connectivity index (χ2v) is 6.79. The van der Waals surface area contributed by atoms with Crippen LogP contribution in [-0.2, 0) is 11.2 Å². The Morgan fingerprint density at radius 2 is 2.05 bits per heavy atom. The highest BCUT2D eigenvalue weighted by atomic mass is 19.1. The van der Waals surface area contributed by atoms with Crippen LogP contribution in [0.5, 0.6) is 0 Å². The monoisotopic (exact) mass is 293 g/mol. The van der Waals surface area contributed by atoms with Gasteiger partial charge in [-0.15, -0.1) is 0 Å². The van der Waals surface area contributed by atoms with Gasteiger partial charge >= 0.3 is 0 Å². The second-order valence-electron chi connectivity index (χ2n) is 6.79. The maximum absolute atomic E-state index is 14.2. The van der Waals surface area contributed by atoms with Crippen molar-refractivity contribution in [1.29, 1.82) is 0 Å². The van der Waals surface area contributed by atoms with Crippen LogP contribution in [0.15, 0.2) is 12.1 Å². The SMILES string of the molecule is COC(C)C(N)c1nc2cc(F)c(CC(C)(C)C)cc2[nH]1. The standard InChI is InChI=1S/C16H24FN3O/c1-9(21-5)14(18)15-19-12-6-10(8-16(2,3)4)11(17)7-13(12)20-15/h6-7,9,14H,8,18H2,1-5H3,(H,19,20). The minimum absolute atomic E-state index is 0.0261. The number of hydrogen-bond acceptors (Lipinski definition) is 3. The van der Waals surface area contributed by atoms with Gasteiger partial charge in [0.2, 0.25) is 0 Å². The molecule has 1 heterocycles. The van der Waals surface area contributed by atoms with Crippen molar-refractivity contribution in [2.45, 2.75) is 46.3 Å². The zero-order chi connectivity index (χ0) is 15.8. The summed E-state index contributed by atoms with van der Waals surface area (Å²) in [5, 5.41) is 0. The molecule has 0 amide bonds. The summed E-state index contributed by atoms with van der Waals surface area (Å²) in [4.78, 5) is 7.56. The molecule has 2 unspecified atom stereocenters. The summed E-state index contributed by atoms with van der Waals surface area (Å²) < 4.78 is 19.4. The molecule has 2 atom stereocenters. The summed E-state index contributed by atoms with van der Waals surface area (Å²) in [6, 6.07) is 2.94. The van der Waals surface area contributed by atoms with E-state index >= 15 is 0 Å². The summed E-state index contributed by atoms with van der Waals surface area (Å²) >= 11 is 0. The number of nitrogens with two attached hydrogens (primary N) is 1. The van der Waals surface area contributed by atoms with E-state index in [0.29, 0.717) is 23.3 Å². The minimum atomic E-state index is -0.364. The average Bonchev–Trinajstić information content (AvgIpc) is 2.78. The smallest absolute Gasteiger partial charge is 0.128 e. The van der Waals surface area contributed by atoms with Crippen molar-refractivity contribution in [3.05, 3.63) is 29.3 Å². The van der Waals surface area contributed by atoms with Gasteiger partial charge in [0.1, 0.15) is 11.6 Å². The Bertz CT molecular complexity index is 630.